The van der Waals surface area contributed by atoms with Crippen LogP contribution in [0.1, 0.15) is 47.0 Å². The Balaban J connectivity index is 2.12. The summed E-state index contributed by atoms with van der Waals surface area (Å²) in [6.45, 7) is 10.8. The Kier molecular flexibility index (Phi) is 3.90. The highest BCUT2D eigenvalue weighted by molar-refractivity contribution is 8.00. The van der Waals surface area contributed by atoms with Crippen molar-refractivity contribution >= 4 is 11.8 Å². The second kappa shape index (κ2) is 4.89. The highest BCUT2D eigenvalue weighted by Crippen LogP contribution is 2.49. The highest BCUT2D eigenvalue weighted by atomic mass is 32.2. The normalized spacial score (nSPS) is 45.2. The zero-order valence-electron chi connectivity index (χ0n) is 11.3. The second-order valence-corrected chi connectivity index (χ2v) is 7.77. The number of rotatable bonds is 1. The Morgan fingerprint density at radius 3 is 2.50 bits per heavy atom. The van der Waals surface area contributed by atoms with Crippen LogP contribution in [0.5, 0.6) is 0 Å². The molecule has 2 aliphatic rings. The molecule has 1 N–H and O–H groups in total. The maximum atomic E-state index is 3.91. The predicted octanol–water partition coefficient (Wildman–Crippen LogP) is 3.75. The molecule has 1 aliphatic heterocycles. The molecule has 0 bridgehead atoms. The van der Waals surface area contributed by atoms with E-state index in [1.807, 2.05) is 0 Å². The van der Waals surface area contributed by atoms with Gasteiger partial charge in [0.2, 0.25) is 0 Å². The van der Waals surface area contributed by atoms with Gasteiger partial charge in [-0.1, -0.05) is 34.1 Å². The smallest absolute Gasteiger partial charge is 0.0678 e. The van der Waals surface area contributed by atoms with Gasteiger partial charge in [-0.3, -0.25) is 0 Å². The molecule has 1 heterocycles. The maximum Gasteiger partial charge on any atom is 0.0678 e. The fourth-order valence-electron chi connectivity index (χ4n) is 3.46. The first-order chi connectivity index (χ1) is 7.53. The minimum atomic E-state index is 0.415. The lowest BCUT2D eigenvalue weighted by Gasteiger charge is -2.51. The lowest BCUT2D eigenvalue weighted by Crippen LogP contribution is -2.57. The second-order valence-electron chi connectivity index (χ2n) is 6.42. The Bertz CT molecular complexity index is 231. The average molecular weight is 241 g/mol. The molecule has 0 aromatic rings. The van der Waals surface area contributed by atoms with Crippen molar-refractivity contribution < 1.29 is 0 Å². The van der Waals surface area contributed by atoms with E-state index in [1.165, 1.54) is 31.6 Å². The molecule has 1 nitrogen and oxygen atoms in total. The topological polar surface area (TPSA) is 12.0 Å². The lowest BCUT2D eigenvalue weighted by atomic mass is 9.73. The molecule has 0 aromatic carbocycles. The molecular formula is C14H27NS. The van der Waals surface area contributed by atoms with Gasteiger partial charge in [-0.05, 0) is 48.8 Å². The SMILES string of the molecule is CC1CNC2(CC(C)CCC2C(C)C)SC1. The first kappa shape index (κ1) is 12.8. The minimum absolute atomic E-state index is 0.415. The van der Waals surface area contributed by atoms with Crippen molar-refractivity contribution in [2.24, 2.45) is 23.7 Å². The summed E-state index contributed by atoms with van der Waals surface area (Å²) in [5.74, 6) is 4.80. The van der Waals surface area contributed by atoms with Gasteiger partial charge < -0.3 is 5.32 Å². The van der Waals surface area contributed by atoms with Crippen molar-refractivity contribution in [2.75, 3.05) is 12.3 Å². The van der Waals surface area contributed by atoms with E-state index in [2.05, 4.69) is 44.8 Å². The van der Waals surface area contributed by atoms with Crippen molar-refractivity contribution in [3.63, 3.8) is 0 Å². The molecule has 4 unspecified atom stereocenters. The standard InChI is InChI=1S/C14H27NS/c1-10(2)13-6-5-11(3)7-14(13)15-8-12(4)9-16-14/h10-13,15H,5-9H2,1-4H3. The third-order valence-corrected chi connectivity index (χ3v) is 6.27. The molecule has 4 atom stereocenters. The molecule has 16 heavy (non-hydrogen) atoms. The van der Waals surface area contributed by atoms with Crippen LogP contribution in [-0.2, 0) is 0 Å². The van der Waals surface area contributed by atoms with Gasteiger partial charge >= 0.3 is 0 Å². The fourth-order valence-corrected chi connectivity index (χ4v) is 5.35. The summed E-state index contributed by atoms with van der Waals surface area (Å²) in [6, 6.07) is 0. The van der Waals surface area contributed by atoms with Crippen LogP contribution < -0.4 is 5.32 Å². The van der Waals surface area contributed by atoms with E-state index >= 15 is 0 Å². The fraction of sp³-hybridized carbons (Fsp3) is 1.00. The van der Waals surface area contributed by atoms with Crippen LogP contribution >= 0.6 is 11.8 Å². The van der Waals surface area contributed by atoms with Crippen LogP contribution in [0.25, 0.3) is 0 Å². The first-order valence-electron chi connectivity index (χ1n) is 6.92. The van der Waals surface area contributed by atoms with Crippen LogP contribution in [0.2, 0.25) is 0 Å². The number of nitrogens with one attached hydrogen (secondary N) is 1. The molecule has 2 heteroatoms. The summed E-state index contributed by atoms with van der Waals surface area (Å²) < 4.78 is 0. The molecule has 2 rings (SSSR count). The molecule has 1 saturated carbocycles. The van der Waals surface area contributed by atoms with Crippen molar-refractivity contribution in [3.05, 3.63) is 0 Å². The number of hydrogen-bond donors (Lipinski definition) is 1. The summed E-state index contributed by atoms with van der Waals surface area (Å²) in [4.78, 5) is 0.415. The van der Waals surface area contributed by atoms with Gasteiger partial charge in [0.05, 0.1) is 4.87 Å². The van der Waals surface area contributed by atoms with E-state index in [0.717, 1.165) is 23.7 Å². The summed E-state index contributed by atoms with van der Waals surface area (Å²) in [5.41, 5.74) is 0. The third-order valence-electron chi connectivity index (χ3n) is 4.40. The number of hydrogen-bond acceptors (Lipinski definition) is 2. The summed E-state index contributed by atoms with van der Waals surface area (Å²) in [5, 5.41) is 3.91. The zero-order valence-corrected chi connectivity index (χ0v) is 12.1. The molecule has 0 radical (unpaired) electrons. The van der Waals surface area contributed by atoms with Crippen LogP contribution in [-0.4, -0.2) is 17.2 Å². The van der Waals surface area contributed by atoms with Gasteiger partial charge in [0.1, 0.15) is 0 Å². The van der Waals surface area contributed by atoms with E-state index in [4.69, 9.17) is 0 Å². The van der Waals surface area contributed by atoms with Crippen molar-refractivity contribution in [1.29, 1.82) is 0 Å². The summed E-state index contributed by atoms with van der Waals surface area (Å²) in [7, 11) is 0. The van der Waals surface area contributed by atoms with E-state index in [9.17, 15) is 0 Å². The molecule has 2 fully saturated rings. The minimum Gasteiger partial charge on any atom is -0.302 e. The van der Waals surface area contributed by atoms with Crippen LogP contribution in [0.3, 0.4) is 0 Å². The molecule has 1 saturated heterocycles. The van der Waals surface area contributed by atoms with Crippen LogP contribution in [0, 0.1) is 23.7 Å². The van der Waals surface area contributed by atoms with Gasteiger partial charge in [-0.15, -0.1) is 11.8 Å². The molecule has 1 aliphatic carbocycles. The molecular weight excluding hydrogens is 214 g/mol. The monoisotopic (exact) mass is 241 g/mol. The van der Waals surface area contributed by atoms with Gasteiger partial charge in [0.15, 0.2) is 0 Å². The van der Waals surface area contributed by atoms with Crippen LogP contribution in [0.15, 0.2) is 0 Å². The highest BCUT2D eigenvalue weighted by Gasteiger charge is 2.46. The molecule has 0 amide bonds. The number of thioether (sulfide) groups is 1. The van der Waals surface area contributed by atoms with Gasteiger partial charge in [0.25, 0.3) is 0 Å². The Morgan fingerprint density at radius 2 is 1.94 bits per heavy atom. The van der Waals surface area contributed by atoms with E-state index < -0.39 is 0 Å². The zero-order chi connectivity index (χ0) is 11.8. The van der Waals surface area contributed by atoms with Gasteiger partial charge in [-0.25, -0.2) is 0 Å². The summed E-state index contributed by atoms with van der Waals surface area (Å²) in [6.07, 6.45) is 4.24. The molecule has 94 valence electrons. The van der Waals surface area contributed by atoms with Crippen molar-refractivity contribution in [3.8, 4) is 0 Å². The largest absolute Gasteiger partial charge is 0.302 e. The predicted molar refractivity (Wildman–Crippen MR) is 73.7 cm³/mol. The van der Waals surface area contributed by atoms with Gasteiger partial charge in [0, 0.05) is 0 Å². The maximum absolute atomic E-state index is 3.91. The Labute approximate surface area is 105 Å². The lowest BCUT2D eigenvalue weighted by molar-refractivity contribution is 0.138. The quantitative estimate of drug-likeness (QED) is 0.750. The molecule has 1 spiro atoms. The van der Waals surface area contributed by atoms with Crippen molar-refractivity contribution in [2.45, 2.75) is 51.8 Å². The van der Waals surface area contributed by atoms with Gasteiger partial charge in [-0.2, -0.15) is 0 Å². The van der Waals surface area contributed by atoms with Crippen LogP contribution in [0.4, 0.5) is 0 Å². The Hall–Kier alpha value is 0.310. The third kappa shape index (κ3) is 2.43. The van der Waals surface area contributed by atoms with E-state index in [0.29, 0.717) is 4.87 Å². The average Bonchev–Trinajstić information content (AvgIpc) is 2.22. The van der Waals surface area contributed by atoms with Crippen molar-refractivity contribution in [1.82, 2.24) is 5.32 Å². The Morgan fingerprint density at radius 1 is 1.19 bits per heavy atom. The van der Waals surface area contributed by atoms with E-state index in [-0.39, 0.29) is 0 Å². The molecule has 0 aromatic heterocycles. The first-order valence-corrected chi connectivity index (χ1v) is 7.91. The summed E-state index contributed by atoms with van der Waals surface area (Å²) >= 11 is 2.22. The van der Waals surface area contributed by atoms with E-state index in [1.54, 1.807) is 0 Å².